The molecule has 0 saturated heterocycles. The summed E-state index contributed by atoms with van der Waals surface area (Å²) in [6, 6.07) is 24.4. The number of benzene rings is 2. The number of ether oxygens (including phenoxy) is 2. The highest BCUT2D eigenvalue weighted by Crippen LogP contribution is 2.38. The van der Waals surface area contributed by atoms with Crippen molar-refractivity contribution in [3.63, 3.8) is 0 Å². The van der Waals surface area contributed by atoms with Gasteiger partial charge in [-0.05, 0) is 97.8 Å². The minimum atomic E-state index is 0.541. The van der Waals surface area contributed by atoms with Crippen LogP contribution in [0.25, 0.3) is 0 Å². The molecular formula is C26H24N2O2S2. The third-order valence-electron chi connectivity index (χ3n) is 4.61. The van der Waals surface area contributed by atoms with E-state index >= 15 is 0 Å². The minimum Gasteiger partial charge on any atom is -0.489 e. The molecule has 0 amide bonds. The summed E-state index contributed by atoms with van der Waals surface area (Å²) in [5.74, 6) is 1.72. The molecule has 0 fully saturated rings. The summed E-state index contributed by atoms with van der Waals surface area (Å²) in [5.41, 5.74) is 4.24. The van der Waals surface area contributed by atoms with Gasteiger partial charge in [-0.2, -0.15) is 0 Å². The molecule has 4 rings (SSSR count). The first kappa shape index (κ1) is 22.2. The van der Waals surface area contributed by atoms with Crippen LogP contribution in [-0.2, 0) is 13.2 Å². The van der Waals surface area contributed by atoms with Crippen LogP contribution in [-0.4, -0.2) is 9.97 Å². The molecule has 2 aromatic heterocycles. The van der Waals surface area contributed by atoms with Gasteiger partial charge in [-0.1, -0.05) is 21.6 Å². The van der Waals surface area contributed by atoms with E-state index in [-0.39, 0.29) is 0 Å². The van der Waals surface area contributed by atoms with Crippen molar-refractivity contribution in [2.24, 2.45) is 0 Å². The van der Waals surface area contributed by atoms with Crippen molar-refractivity contribution >= 4 is 21.6 Å². The maximum atomic E-state index is 5.88. The average Bonchev–Trinajstić information content (AvgIpc) is 2.81. The predicted molar refractivity (Wildman–Crippen MR) is 131 cm³/mol. The van der Waals surface area contributed by atoms with E-state index < -0.39 is 0 Å². The third-order valence-corrected chi connectivity index (χ3v) is 7.03. The lowest BCUT2D eigenvalue weighted by Crippen LogP contribution is -1.96. The second-order valence-corrected chi connectivity index (χ2v) is 9.57. The number of hydrogen-bond donors (Lipinski definition) is 0. The van der Waals surface area contributed by atoms with Gasteiger partial charge in [0.2, 0.25) is 0 Å². The van der Waals surface area contributed by atoms with Gasteiger partial charge in [0.15, 0.2) is 0 Å². The topological polar surface area (TPSA) is 44.2 Å². The van der Waals surface area contributed by atoms with Crippen molar-refractivity contribution in [1.82, 2.24) is 9.97 Å². The Morgan fingerprint density at radius 3 is 1.38 bits per heavy atom. The van der Waals surface area contributed by atoms with Crippen LogP contribution in [0.15, 0.2) is 95.0 Å². The maximum Gasteiger partial charge on any atom is 0.119 e. The van der Waals surface area contributed by atoms with Crippen molar-refractivity contribution < 1.29 is 9.47 Å². The predicted octanol–water partition coefficient (Wildman–Crippen LogP) is 7.05. The normalized spacial score (nSPS) is 10.7. The summed E-state index contributed by atoms with van der Waals surface area (Å²) in [7, 11) is 3.44. The molecule has 4 aromatic rings. The quantitative estimate of drug-likeness (QED) is 0.249. The van der Waals surface area contributed by atoms with Gasteiger partial charge < -0.3 is 9.47 Å². The second kappa shape index (κ2) is 11.1. The standard InChI is InChI=1S/C26H24N2O2S2/c1-19-15-21(11-13-27-19)17-29-23-3-7-25(8-4-23)31-32-26-9-5-24(6-10-26)30-18-22-12-14-28-20(2)16-22/h3-16H,17-18H2,1-2H3. The Balaban J connectivity index is 1.23. The monoisotopic (exact) mass is 460 g/mol. The Labute approximate surface area is 196 Å². The van der Waals surface area contributed by atoms with E-state index in [1.807, 2.05) is 74.8 Å². The zero-order valence-corrected chi connectivity index (χ0v) is 19.7. The van der Waals surface area contributed by atoms with Gasteiger partial charge in [-0.3, -0.25) is 9.97 Å². The van der Waals surface area contributed by atoms with E-state index in [1.165, 1.54) is 9.79 Å². The zero-order chi connectivity index (χ0) is 22.2. The Morgan fingerprint density at radius 2 is 1.00 bits per heavy atom. The summed E-state index contributed by atoms with van der Waals surface area (Å²) in [6.45, 7) is 5.05. The lowest BCUT2D eigenvalue weighted by atomic mass is 10.2. The molecule has 0 bridgehead atoms. The van der Waals surface area contributed by atoms with Crippen LogP contribution < -0.4 is 9.47 Å². The minimum absolute atomic E-state index is 0.541. The number of rotatable bonds is 9. The zero-order valence-electron chi connectivity index (χ0n) is 18.0. The molecule has 0 aliphatic carbocycles. The fraction of sp³-hybridized carbons (Fsp3) is 0.154. The van der Waals surface area contributed by atoms with Gasteiger partial charge in [0.05, 0.1) is 0 Å². The van der Waals surface area contributed by atoms with Crippen LogP contribution in [0.3, 0.4) is 0 Å². The van der Waals surface area contributed by atoms with Crippen molar-refractivity contribution in [3.8, 4) is 11.5 Å². The molecular weight excluding hydrogens is 436 g/mol. The molecule has 32 heavy (non-hydrogen) atoms. The fourth-order valence-corrected chi connectivity index (χ4v) is 4.93. The molecule has 2 aromatic carbocycles. The van der Waals surface area contributed by atoms with Crippen LogP contribution in [0.1, 0.15) is 22.5 Å². The first-order valence-corrected chi connectivity index (χ1v) is 12.4. The third kappa shape index (κ3) is 6.77. The number of aryl methyl sites for hydroxylation is 2. The molecule has 0 aliphatic rings. The molecule has 0 unspecified atom stereocenters. The number of hydrogen-bond acceptors (Lipinski definition) is 6. The summed E-state index contributed by atoms with van der Waals surface area (Å²) in [6.07, 6.45) is 3.62. The summed E-state index contributed by atoms with van der Waals surface area (Å²) in [5, 5.41) is 0. The van der Waals surface area contributed by atoms with Gasteiger partial charge in [-0.25, -0.2) is 0 Å². The Morgan fingerprint density at radius 1 is 0.594 bits per heavy atom. The maximum absolute atomic E-state index is 5.88. The van der Waals surface area contributed by atoms with Crippen molar-refractivity contribution in [3.05, 3.63) is 108 Å². The SMILES string of the molecule is Cc1cc(COc2ccc(SSc3ccc(OCc4ccnc(C)c4)cc3)cc2)ccn1. The Kier molecular flexibility index (Phi) is 7.69. The molecule has 0 atom stereocenters. The van der Waals surface area contributed by atoms with E-state index in [1.54, 1.807) is 21.6 Å². The Bertz CT molecular complexity index is 1060. The van der Waals surface area contributed by atoms with E-state index in [4.69, 9.17) is 9.47 Å². The van der Waals surface area contributed by atoms with Crippen LogP contribution in [0.5, 0.6) is 11.5 Å². The van der Waals surface area contributed by atoms with Crippen LogP contribution in [0.2, 0.25) is 0 Å². The fourth-order valence-electron chi connectivity index (χ4n) is 3.00. The Hall–Kier alpha value is -2.96. The van der Waals surface area contributed by atoms with Crippen molar-refractivity contribution in [2.45, 2.75) is 36.9 Å². The van der Waals surface area contributed by atoms with Crippen LogP contribution in [0, 0.1) is 13.8 Å². The van der Waals surface area contributed by atoms with Crippen molar-refractivity contribution in [2.75, 3.05) is 0 Å². The highest BCUT2D eigenvalue weighted by molar-refractivity contribution is 8.76. The van der Waals surface area contributed by atoms with Crippen LogP contribution >= 0.6 is 21.6 Å². The first-order valence-electron chi connectivity index (χ1n) is 10.3. The van der Waals surface area contributed by atoms with Crippen molar-refractivity contribution in [1.29, 1.82) is 0 Å². The molecule has 6 heteroatoms. The van der Waals surface area contributed by atoms with E-state index in [9.17, 15) is 0 Å². The first-order chi connectivity index (χ1) is 15.6. The molecule has 0 radical (unpaired) electrons. The average molecular weight is 461 g/mol. The smallest absolute Gasteiger partial charge is 0.119 e. The summed E-state index contributed by atoms with van der Waals surface area (Å²) >= 11 is 0. The number of pyridine rings is 2. The van der Waals surface area contributed by atoms with Gasteiger partial charge in [-0.15, -0.1) is 0 Å². The van der Waals surface area contributed by atoms with E-state index in [0.717, 1.165) is 34.0 Å². The highest BCUT2D eigenvalue weighted by atomic mass is 33.1. The van der Waals surface area contributed by atoms with Gasteiger partial charge in [0.25, 0.3) is 0 Å². The van der Waals surface area contributed by atoms with E-state index in [2.05, 4.69) is 34.2 Å². The number of nitrogens with zero attached hydrogens (tertiary/aromatic N) is 2. The molecule has 0 saturated carbocycles. The van der Waals surface area contributed by atoms with Gasteiger partial charge >= 0.3 is 0 Å². The highest BCUT2D eigenvalue weighted by Gasteiger charge is 2.02. The lowest BCUT2D eigenvalue weighted by molar-refractivity contribution is 0.305. The van der Waals surface area contributed by atoms with Gasteiger partial charge in [0, 0.05) is 33.6 Å². The molecule has 0 N–H and O–H groups in total. The van der Waals surface area contributed by atoms with Crippen LogP contribution in [0.4, 0.5) is 0 Å². The molecule has 4 nitrogen and oxygen atoms in total. The largest absolute Gasteiger partial charge is 0.489 e. The summed E-state index contributed by atoms with van der Waals surface area (Å²) < 4.78 is 11.8. The van der Waals surface area contributed by atoms with Gasteiger partial charge in [0.1, 0.15) is 24.7 Å². The molecule has 0 spiro atoms. The molecule has 2 heterocycles. The molecule has 162 valence electrons. The molecule has 0 aliphatic heterocycles. The summed E-state index contributed by atoms with van der Waals surface area (Å²) in [4.78, 5) is 10.8. The second-order valence-electron chi connectivity index (χ2n) is 7.30. The van der Waals surface area contributed by atoms with E-state index in [0.29, 0.717) is 13.2 Å². The lowest BCUT2D eigenvalue weighted by Gasteiger charge is -2.08. The number of aromatic nitrogens is 2.